The second kappa shape index (κ2) is 8.45. The molecule has 41 heavy (non-hydrogen) atoms. The number of aromatic nitrogens is 2. The van der Waals surface area contributed by atoms with Crippen molar-refractivity contribution in [2.45, 2.75) is 0 Å². The Morgan fingerprint density at radius 2 is 1.15 bits per heavy atom. The highest BCUT2D eigenvalue weighted by atomic mass is 14.8. The second-order valence-corrected chi connectivity index (χ2v) is 9.61. The van der Waals surface area contributed by atoms with Crippen molar-refractivity contribution in [2.75, 3.05) is 5.73 Å². The number of hydrogen-bond donors (Lipinski definition) is 1. The van der Waals surface area contributed by atoms with Gasteiger partial charge in [0.25, 0.3) is 0 Å². The number of rotatable bonds is 1. The molecule has 0 atom stereocenters. The van der Waals surface area contributed by atoms with Crippen LogP contribution in [0.3, 0.4) is 0 Å². The van der Waals surface area contributed by atoms with Crippen LogP contribution < -0.4 is 5.73 Å². The Hall–Kier alpha value is -6.61. The Labute approximate surface area is 232 Å². The summed E-state index contributed by atoms with van der Waals surface area (Å²) in [6, 6.07) is 26.1. The highest BCUT2D eigenvalue weighted by Crippen LogP contribution is 2.44. The van der Waals surface area contributed by atoms with Gasteiger partial charge in [-0.1, -0.05) is 43.0 Å². The van der Waals surface area contributed by atoms with E-state index in [1.54, 1.807) is 12.1 Å². The van der Waals surface area contributed by atoms with Gasteiger partial charge in [-0.05, 0) is 29.8 Å². The third-order valence-corrected chi connectivity index (χ3v) is 7.44. The lowest BCUT2D eigenvalue weighted by Gasteiger charge is -2.23. The van der Waals surface area contributed by atoms with Gasteiger partial charge < -0.3 is 5.73 Å². The highest BCUT2D eigenvalue weighted by molar-refractivity contribution is 6.45. The molecule has 5 aromatic carbocycles. The first-order valence-corrected chi connectivity index (χ1v) is 12.4. The van der Waals surface area contributed by atoms with E-state index in [1.165, 1.54) is 12.1 Å². The fraction of sp³-hybridized carbons (Fsp3) is 0. The van der Waals surface area contributed by atoms with Gasteiger partial charge in [-0.25, -0.2) is 15.0 Å². The van der Waals surface area contributed by atoms with Crippen LogP contribution in [0.1, 0.15) is 33.4 Å². The summed E-state index contributed by atoms with van der Waals surface area (Å²) in [5, 5.41) is 41.6. The van der Waals surface area contributed by atoms with Crippen LogP contribution >= 0.6 is 0 Å². The number of benzene rings is 5. The fourth-order valence-corrected chi connectivity index (χ4v) is 5.58. The molecule has 0 amide bonds. The Morgan fingerprint density at radius 3 is 1.71 bits per heavy atom. The van der Waals surface area contributed by atoms with Gasteiger partial charge in [-0.15, -0.1) is 0 Å². The number of anilines is 1. The zero-order chi connectivity index (χ0) is 28.4. The summed E-state index contributed by atoms with van der Waals surface area (Å²) in [4.78, 5) is 14.8. The van der Waals surface area contributed by atoms with Crippen LogP contribution in [0.2, 0.25) is 0 Å². The van der Waals surface area contributed by atoms with E-state index in [2.05, 4.69) is 18.7 Å². The standard InChI is InChI=1S/C33H14N8/c1-16-21-4-2-6-23-29(21)30-22(31(16)39-26-9-18(13-35)17(12-34)8-25(26)38)5-3-7-24(30)33-32(23)40-27-10-19(14-36)20(15-37)11-28(27)41-33/h2-11H,1,38H2. The minimum atomic E-state index is 0.187. The van der Waals surface area contributed by atoms with Crippen LogP contribution in [0.15, 0.2) is 72.2 Å². The van der Waals surface area contributed by atoms with Gasteiger partial charge in [0.05, 0.1) is 61.4 Å². The molecular weight excluding hydrogens is 508 g/mol. The number of nitrogens with two attached hydrogens (primary N) is 1. The smallest absolute Gasteiger partial charge is 0.101 e. The van der Waals surface area contributed by atoms with Crippen LogP contribution in [0.4, 0.5) is 11.4 Å². The van der Waals surface area contributed by atoms with E-state index in [1.807, 2.05) is 48.5 Å². The number of nitrogens with zero attached hydrogens (tertiary/aromatic N) is 7. The van der Waals surface area contributed by atoms with Gasteiger partial charge >= 0.3 is 0 Å². The number of hydrogen-bond acceptors (Lipinski definition) is 8. The molecule has 6 aromatic rings. The first-order chi connectivity index (χ1) is 20.0. The molecule has 8 nitrogen and oxygen atoms in total. The summed E-state index contributed by atoms with van der Waals surface area (Å²) < 4.78 is 0. The van der Waals surface area contributed by atoms with E-state index < -0.39 is 0 Å². The molecule has 2 N–H and O–H groups in total. The van der Waals surface area contributed by atoms with Gasteiger partial charge in [-0.2, -0.15) is 21.0 Å². The quantitative estimate of drug-likeness (QED) is 0.150. The Balaban J connectivity index is 1.61. The van der Waals surface area contributed by atoms with Crippen molar-refractivity contribution < 1.29 is 0 Å². The molecule has 0 saturated carbocycles. The number of nitrogen functional groups attached to an aromatic ring is 1. The highest BCUT2D eigenvalue weighted by Gasteiger charge is 2.26. The predicted molar refractivity (Wildman–Crippen MR) is 157 cm³/mol. The minimum absolute atomic E-state index is 0.187. The molecule has 1 heterocycles. The summed E-state index contributed by atoms with van der Waals surface area (Å²) >= 11 is 0. The summed E-state index contributed by atoms with van der Waals surface area (Å²) in [5.41, 5.74) is 13.1. The first kappa shape index (κ1) is 23.5. The van der Waals surface area contributed by atoms with E-state index in [0.717, 1.165) is 32.7 Å². The molecule has 1 aromatic heterocycles. The van der Waals surface area contributed by atoms with Gasteiger partial charge in [0.1, 0.15) is 24.3 Å². The number of fused-ring (bicyclic) bond motifs is 4. The number of aliphatic imine (C=N–C) groups is 1. The van der Waals surface area contributed by atoms with Gasteiger partial charge in [0.15, 0.2) is 0 Å². The molecule has 0 aliphatic heterocycles. The van der Waals surface area contributed by atoms with Crippen molar-refractivity contribution >= 4 is 66.3 Å². The van der Waals surface area contributed by atoms with Gasteiger partial charge in [-0.3, -0.25) is 0 Å². The summed E-state index contributed by atoms with van der Waals surface area (Å²) in [5.74, 6) is 0. The second-order valence-electron chi connectivity index (χ2n) is 9.61. The molecule has 7 rings (SSSR count). The zero-order valence-corrected chi connectivity index (χ0v) is 21.2. The predicted octanol–water partition coefficient (Wildman–Crippen LogP) is 6.31. The Bertz CT molecular complexity index is 2440. The number of nitriles is 4. The summed E-state index contributed by atoms with van der Waals surface area (Å²) in [6.07, 6.45) is 0. The third kappa shape index (κ3) is 3.20. The normalized spacial score (nSPS) is 13.0. The van der Waals surface area contributed by atoms with E-state index in [4.69, 9.17) is 20.7 Å². The van der Waals surface area contributed by atoms with Crippen molar-refractivity contribution in [3.05, 3.63) is 101 Å². The molecule has 0 fully saturated rings. The molecule has 0 radical (unpaired) electrons. The molecule has 0 bridgehead atoms. The molecule has 1 aliphatic rings. The average Bonchev–Trinajstić information content (AvgIpc) is 3.01. The van der Waals surface area contributed by atoms with Crippen molar-refractivity contribution in [2.24, 2.45) is 4.99 Å². The first-order valence-electron chi connectivity index (χ1n) is 12.4. The largest absolute Gasteiger partial charge is 0.397 e. The van der Waals surface area contributed by atoms with Gasteiger partial charge in [0, 0.05) is 32.7 Å². The zero-order valence-electron chi connectivity index (χ0n) is 21.2. The maximum atomic E-state index is 9.56. The van der Waals surface area contributed by atoms with Crippen molar-refractivity contribution in [3.63, 3.8) is 0 Å². The summed E-state index contributed by atoms with van der Waals surface area (Å²) in [6.45, 7) is 4.39. The maximum Gasteiger partial charge on any atom is 0.101 e. The van der Waals surface area contributed by atoms with Gasteiger partial charge in [0.2, 0.25) is 0 Å². The van der Waals surface area contributed by atoms with Crippen molar-refractivity contribution in [1.29, 1.82) is 21.0 Å². The van der Waals surface area contributed by atoms with Crippen molar-refractivity contribution in [3.8, 4) is 24.3 Å². The monoisotopic (exact) mass is 522 g/mol. The minimum Gasteiger partial charge on any atom is -0.397 e. The van der Waals surface area contributed by atoms with Crippen LogP contribution in [0, 0.1) is 45.3 Å². The van der Waals surface area contributed by atoms with E-state index >= 15 is 0 Å². The topological polar surface area (TPSA) is 159 Å². The molecular formula is C33H14N8. The molecule has 1 aliphatic carbocycles. The van der Waals surface area contributed by atoms with E-state index in [9.17, 15) is 21.0 Å². The molecule has 8 heteroatoms. The third-order valence-electron chi connectivity index (χ3n) is 7.44. The summed E-state index contributed by atoms with van der Waals surface area (Å²) in [7, 11) is 0. The van der Waals surface area contributed by atoms with E-state index in [0.29, 0.717) is 39.0 Å². The van der Waals surface area contributed by atoms with E-state index in [-0.39, 0.29) is 27.9 Å². The SMILES string of the molecule is C=C1C(=Nc2cc(C#N)c(C#N)cc2N)c2cccc3c4nc5cc(C#N)c(C#N)cc5nc4c4cccc1c4c23. The average molecular weight is 523 g/mol. The molecule has 0 spiro atoms. The van der Waals surface area contributed by atoms with Crippen LogP contribution in [-0.2, 0) is 0 Å². The lowest BCUT2D eigenvalue weighted by atomic mass is 9.81. The van der Waals surface area contributed by atoms with Crippen LogP contribution in [0.25, 0.3) is 49.2 Å². The maximum absolute atomic E-state index is 9.56. The fourth-order valence-electron chi connectivity index (χ4n) is 5.58. The Kier molecular flexibility index (Phi) is 4.84. The van der Waals surface area contributed by atoms with Crippen molar-refractivity contribution in [1.82, 2.24) is 9.97 Å². The lowest BCUT2D eigenvalue weighted by Crippen LogP contribution is -2.11. The lowest BCUT2D eigenvalue weighted by molar-refractivity contribution is 1.38. The molecule has 0 saturated heterocycles. The van der Waals surface area contributed by atoms with Crippen LogP contribution in [-0.4, -0.2) is 15.7 Å². The number of allylic oxidation sites excluding steroid dienone is 1. The molecule has 186 valence electrons. The Morgan fingerprint density at radius 1 is 0.659 bits per heavy atom. The molecule has 0 unspecified atom stereocenters. The van der Waals surface area contributed by atoms with Crippen LogP contribution in [0.5, 0.6) is 0 Å².